The molecule has 0 radical (unpaired) electrons. The van der Waals surface area contributed by atoms with Gasteiger partial charge in [-0.25, -0.2) is 0 Å². The lowest BCUT2D eigenvalue weighted by molar-refractivity contribution is 0.631. The van der Waals surface area contributed by atoms with Crippen molar-refractivity contribution in [2.45, 2.75) is 11.3 Å². The summed E-state index contributed by atoms with van der Waals surface area (Å²) in [5.74, 6) is 0. The van der Waals surface area contributed by atoms with E-state index < -0.39 is 0 Å². The molecule has 0 saturated heterocycles. The molecule has 0 unspecified atom stereocenters. The first-order valence-corrected chi connectivity index (χ1v) is 5.51. The van der Waals surface area contributed by atoms with Gasteiger partial charge < -0.3 is 0 Å². The molecule has 74 valence electrons. The first-order chi connectivity index (χ1) is 7.31. The largest absolute Gasteiger partial charge is 0.108 e. The summed E-state index contributed by atoms with van der Waals surface area (Å²) >= 11 is 6.66. The van der Waals surface area contributed by atoms with Gasteiger partial charge in [0.25, 0.3) is 0 Å². The third kappa shape index (κ3) is 1.22. The normalized spacial score (nSPS) is 23.0. The van der Waals surface area contributed by atoms with E-state index in [9.17, 15) is 0 Å². The molecular formula is C14H11Cl. The van der Waals surface area contributed by atoms with Crippen molar-refractivity contribution >= 4 is 11.6 Å². The van der Waals surface area contributed by atoms with Gasteiger partial charge in [-0.2, -0.15) is 0 Å². The summed E-state index contributed by atoms with van der Waals surface area (Å²) in [5, 5.41) is 0. The Kier molecular flexibility index (Phi) is 1.86. The van der Waals surface area contributed by atoms with E-state index in [1.807, 2.05) is 18.2 Å². The number of rotatable bonds is 1. The van der Waals surface area contributed by atoms with Crippen LogP contribution in [0.5, 0.6) is 0 Å². The molecule has 0 aliphatic heterocycles. The predicted molar refractivity (Wildman–Crippen MR) is 63.2 cm³/mol. The smallest absolute Gasteiger partial charge is 0.0987 e. The van der Waals surface area contributed by atoms with Gasteiger partial charge in [-0.1, -0.05) is 54.6 Å². The summed E-state index contributed by atoms with van der Waals surface area (Å²) in [6.45, 7) is 0. The van der Waals surface area contributed by atoms with E-state index in [0.29, 0.717) is 0 Å². The topological polar surface area (TPSA) is 0 Å². The first-order valence-electron chi connectivity index (χ1n) is 5.13. The van der Waals surface area contributed by atoms with Gasteiger partial charge in [-0.15, -0.1) is 11.6 Å². The summed E-state index contributed by atoms with van der Waals surface area (Å²) in [6.07, 6.45) is 0.939. The Bertz CT molecular complexity index is 490. The number of halogens is 1. The van der Waals surface area contributed by atoms with Crippen molar-refractivity contribution in [3.63, 3.8) is 0 Å². The molecule has 2 aromatic carbocycles. The van der Waals surface area contributed by atoms with Crippen molar-refractivity contribution in [3.8, 4) is 0 Å². The van der Waals surface area contributed by atoms with Crippen molar-refractivity contribution in [3.05, 3.63) is 71.3 Å². The molecule has 1 heteroatoms. The van der Waals surface area contributed by atoms with E-state index in [-0.39, 0.29) is 4.87 Å². The van der Waals surface area contributed by atoms with Crippen molar-refractivity contribution < 1.29 is 0 Å². The zero-order valence-electron chi connectivity index (χ0n) is 8.28. The maximum Gasteiger partial charge on any atom is 0.0987 e. The van der Waals surface area contributed by atoms with E-state index in [4.69, 9.17) is 11.6 Å². The second kappa shape index (κ2) is 3.11. The molecule has 3 rings (SSSR count). The molecule has 1 atom stereocenters. The summed E-state index contributed by atoms with van der Waals surface area (Å²) in [6, 6.07) is 18.7. The van der Waals surface area contributed by atoms with Crippen LogP contribution < -0.4 is 0 Å². The van der Waals surface area contributed by atoms with Gasteiger partial charge in [0, 0.05) is 6.42 Å². The van der Waals surface area contributed by atoms with Crippen LogP contribution in [0, 0.1) is 0 Å². The van der Waals surface area contributed by atoms with Crippen molar-refractivity contribution in [2.24, 2.45) is 0 Å². The van der Waals surface area contributed by atoms with Crippen LogP contribution in [0.4, 0.5) is 0 Å². The number of alkyl halides is 1. The van der Waals surface area contributed by atoms with Gasteiger partial charge in [0.05, 0.1) is 4.87 Å². The predicted octanol–water partition coefficient (Wildman–Crippen LogP) is 3.73. The summed E-state index contributed by atoms with van der Waals surface area (Å²) < 4.78 is 0. The fourth-order valence-corrected chi connectivity index (χ4v) is 2.73. The third-order valence-corrected chi connectivity index (χ3v) is 3.67. The molecule has 0 saturated carbocycles. The van der Waals surface area contributed by atoms with Crippen molar-refractivity contribution in [1.82, 2.24) is 0 Å². The monoisotopic (exact) mass is 214 g/mol. The van der Waals surface area contributed by atoms with Crippen LogP contribution in [0.25, 0.3) is 0 Å². The van der Waals surface area contributed by atoms with E-state index in [2.05, 4.69) is 36.4 Å². The molecule has 15 heavy (non-hydrogen) atoms. The second-order valence-electron chi connectivity index (χ2n) is 4.00. The van der Waals surface area contributed by atoms with Crippen LogP contribution in [-0.4, -0.2) is 0 Å². The second-order valence-corrected chi connectivity index (χ2v) is 4.65. The molecule has 2 aromatic rings. The van der Waals surface area contributed by atoms with Crippen LogP contribution in [0.15, 0.2) is 54.6 Å². The van der Waals surface area contributed by atoms with Gasteiger partial charge >= 0.3 is 0 Å². The zero-order chi connectivity index (χ0) is 10.3. The summed E-state index contributed by atoms with van der Waals surface area (Å²) in [5.41, 5.74) is 3.83. The molecule has 0 fully saturated rings. The Morgan fingerprint density at radius 2 is 1.53 bits per heavy atom. The van der Waals surface area contributed by atoms with E-state index >= 15 is 0 Å². The maximum absolute atomic E-state index is 6.66. The Labute approximate surface area is 94.5 Å². The highest BCUT2D eigenvalue weighted by molar-refractivity contribution is 6.27. The van der Waals surface area contributed by atoms with Crippen LogP contribution in [0.3, 0.4) is 0 Å². The molecule has 0 amide bonds. The van der Waals surface area contributed by atoms with Crippen LogP contribution in [0.2, 0.25) is 0 Å². The summed E-state index contributed by atoms with van der Waals surface area (Å²) in [7, 11) is 0. The van der Waals surface area contributed by atoms with E-state index in [0.717, 1.165) is 6.42 Å². The van der Waals surface area contributed by atoms with Crippen LogP contribution >= 0.6 is 11.6 Å². The van der Waals surface area contributed by atoms with Crippen LogP contribution in [0.1, 0.15) is 16.7 Å². The lowest BCUT2D eigenvalue weighted by Crippen LogP contribution is -2.34. The standard InChI is InChI=1S/C14H11Cl/c15-14(12-7-2-1-3-8-12)10-11-6-4-5-9-13(11)14/h1-9H,10H2/t14-/m0/s1. The minimum atomic E-state index is -0.280. The van der Waals surface area contributed by atoms with Gasteiger partial charge in [0.15, 0.2) is 0 Å². The fourth-order valence-electron chi connectivity index (χ4n) is 2.27. The maximum atomic E-state index is 6.66. The Morgan fingerprint density at radius 3 is 2.27 bits per heavy atom. The summed E-state index contributed by atoms with van der Waals surface area (Å²) in [4.78, 5) is -0.280. The third-order valence-electron chi connectivity index (χ3n) is 3.11. The molecule has 0 heterocycles. The highest BCUT2D eigenvalue weighted by atomic mass is 35.5. The quantitative estimate of drug-likeness (QED) is 0.635. The van der Waals surface area contributed by atoms with Crippen LogP contribution in [-0.2, 0) is 11.3 Å². The molecule has 1 aliphatic rings. The molecule has 0 aromatic heterocycles. The van der Waals surface area contributed by atoms with E-state index in [1.54, 1.807) is 0 Å². The van der Waals surface area contributed by atoms with Crippen molar-refractivity contribution in [2.75, 3.05) is 0 Å². The van der Waals surface area contributed by atoms with E-state index in [1.165, 1.54) is 16.7 Å². The minimum Gasteiger partial charge on any atom is -0.108 e. The van der Waals surface area contributed by atoms with Gasteiger partial charge in [-0.05, 0) is 16.7 Å². The van der Waals surface area contributed by atoms with Gasteiger partial charge in [-0.3, -0.25) is 0 Å². The number of benzene rings is 2. The highest BCUT2D eigenvalue weighted by Gasteiger charge is 2.41. The molecule has 0 bridgehead atoms. The number of hydrogen-bond donors (Lipinski definition) is 0. The first kappa shape index (κ1) is 8.99. The number of hydrogen-bond acceptors (Lipinski definition) is 0. The van der Waals surface area contributed by atoms with Gasteiger partial charge in [0.2, 0.25) is 0 Å². The lowest BCUT2D eigenvalue weighted by atomic mass is 9.73. The molecule has 0 N–H and O–H groups in total. The lowest BCUT2D eigenvalue weighted by Gasteiger charge is -2.39. The van der Waals surface area contributed by atoms with Gasteiger partial charge in [0.1, 0.15) is 0 Å². The SMILES string of the molecule is Cl[C@]1(c2ccccc2)Cc2ccccc21. The average molecular weight is 215 g/mol. The molecule has 0 spiro atoms. The molecular weight excluding hydrogens is 204 g/mol. The average Bonchev–Trinajstić information content (AvgIpc) is 2.29. The Hall–Kier alpha value is -1.27. The highest BCUT2D eigenvalue weighted by Crippen LogP contribution is 2.49. The Balaban J connectivity index is 2.10. The fraction of sp³-hybridized carbons (Fsp3) is 0.143. The molecule has 1 aliphatic carbocycles. The van der Waals surface area contributed by atoms with Crippen molar-refractivity contribution in [1.29, 1.82) is 0 Å². The zero-order valence-corrected chi connectivity index (χ0v) is 9.04. The molecule has 0 nitrogen and oxygen atoms in total. The minimum absolute atomic E-state index is 0.280. The Morgan fingerprint density at radius 1 is 0.867 bits per heavy atom. The number of fused-ring (bicyclic) bond motifs is 1.